The number of benzene rings is 1. The van der Waals surface area contributed by atoms with Crippen molar-refractivity contribution < 1.29 is 17.6 Å². The third kappa shape index (κ3) is 2.56. The molecule has 0 amide bonds. The normalized spacial score (nSPS) is 20.0. The van der Waals surface area contributed by atoms with Crippen molar-refractivity contribution in [3.05, 3.63) is 47.5 Å². The highest BCUT2D eigenvalue weighted by atomic mass is 19.4. The second kappa shape index (κ2) is 5.76. The Morgan fingerprint density at radius 3 is 2.64 bits per heavy atom. The second-order valence-electron chi connectivity index (χ2n) is 7.20. The molecule has 3 aromatic heterocycles. The number of aryl methyl sites for hydroxylation is 1. The smallest absolute Gasteiger partial charge is 0.280 e. The van der Waals surface area contributed by atoms with Gasteiger partial charge in [-0.2, -0.15) is 18.3 Å². The van der Waals surface area contributed by atoms with Gasteiger partial charge in [-0.25, -0.2) is 14.4 Å². The standard InChI is InChI=1S/C19H15F4N5/c1-9-4-13(7-11-8-24-27-16(9)11)28-17(10-5-12(20)6-10)25-14-2-3-15(19(21,22)23)26-18(14)28/h2-4,7-8,10,12H,5-6H2,1H3,(H,24,27)/t10-,12-. The van der Waals surface area contributed by atoms with Crippen molar-refractivity contribution in [1.29, 1.82) is 0 Å². The lowest BCUT2D eigenvalue weighted by Gasteiger charge is -2.29. The van der Waals surface area contributed by atoms with Crippen molar-refractivity contribution in [3.8, 4) is 5.69 Å². The largest absolute Gasteiger partial charge is 0.433 e. The van der Waals surface area contributed by atoms with Gasteiger partial charge in [-0.05, 0) is 49.6 Å². The van der Waals surface area contributed by atoms with Gasteiger partial charge in [0, 0.05) is 17.0 Å². The van der Waals surface area contributed by atoms with Crippen molar-refractivity contribution in [1.82, 2.24) is 24.7 Å². The summed E-state index contributed by atoms with van der Waals surface area (Å²) in [6.45, 7) is 1.89. The second-order valence-corrected chi connectivity index (χ2v) is 7.20. The van der Waals surface area contributed by atoms with Crippen molar-refractivity contribution in [2.75, 3.05) is 0 Å². The number of rotatable bonds is 2. The molecule has 3 heterocycles. The number of fused-ring (bicyclic) bond motifs is 2. The lowest BCUT2D eigenvalue weighted by atomic mass is 9.83. The molecule has 0 unspecified atom stereocenters. The molecule has 0 saturated heterocycles. The maximum atomic E-state index is 13.5. The van der Waals surface area contributed by atoms with Gasteiger partial charge in [0.2, 0.25) is 0 Å². The molecule has 144 valence electrons. The van der Waals surface area contributed by atoms with Gasteiger partial charge in [-0.1, -0.05) is 0 Å². The Morgan fingerprint density at radius 2 is 1.93 bits per heavy atom. The van der Waals surface area contributed by atoms with Crippen molar-refractivity contribution in [3.63, 3.8) is 0 Å². The molecular formula is C19H15F4N5. The van der Waals surface area contributed by atoms with Gasteiger partial charge in [0.1, 0.15) is 23.2 Å². The van der Waals surface area contributed by atoms with E-state index in [1.165, 1.54) is 6.07 Å². The summed E-state index contributed by atoms with van der Waals surface area (Å²) >= 11 is 0. The molecule has 0 atom stereocenters. The lowest BCUT2D eigenvalue weighted by molar-refractivity contribution is -0.141. The molecular weight excluding hydrogens is 374 g/mol. The van der Waals surface area contributed by atoms with Crippen LogP contribution in [0.1, 0.15) is 35.8 Å². The minimum atomic E-state index is -4.56. The third-order valence-electron chi connectivity index (χ3n) is 5.26. The van der Waals surface area contributed by atoms with Crippen LogP contribution in [0.15, 0.2) is 30.5 Å². The van der Waals surface area contributed by atoms with E-state index in [2.05, 4.69) is 20.2 Å². The summed E-state index contributed by atoms with van der Waals surface area (Å²) in [5.74, 6) is 0.386. The molecule has 9 heteroatoms. The van der Waals surface area contributed by atoms with Crippen LogP contribution in [0.25, 0.3) is 27.8 Å². The van der Waals surface area contributed by atoms with Gasteiger partial charge in [0.25, 0.3) is 0 Å². The van der Waals surface area contributed by atoms with Gasteiger partial charge in [0.05, 0.1) is 11.7 Å². The van der Waals surface area contributed by atoms with E-state index in [1.807, 2.05) is 19.1 Å². The van der Waals surface area contributed by atoms with Crippen LogP contribution in [-0.2, 0) is 6.18 Å². The number of nitrogens with zero attached hydrogens (tertiary/aromatic N) is 4. The highest BCUT2D eigenvalue weighted by Crippen LogP contribution is 2.41. The zero-order valence-electron chi connectivity index (χ0n) is 14.8. The van der Waals surface area contributed by atoms with Gasteiger partial charge in [-0.15, -0.1) is 0 Å². The molecule has 1 saturated carbocycles. The third-order valence-corrected chi connectivity index (χ3v) is 5.26. The van der Waals surface area contributed by atoms with E-state index in [9.17, 15) is 17.6 Å². The summed E-state index contributed by atoms with van der Waals surface area (Å²) in [5.41, 5.74) is 1.88. The summed E-state index contributed by atoms with van der Waals surface area (Å²) < 4.78 is 54.8. The number of aromatic nitrogens is 5. The number of nitrogens with one attached hydrogen (secondary N) is 1. The molecule has 0 bridgehead atoms. The molecule has 5 rings (SSSR count). The number of hydrogen-bond donors (Lipinski definition) is 1. The molecule has 0 radical (unpaired) electrons. The quantitative estimate of drug-likeness (QED) is 0.499. The summed E-state index contributed by atoms with van der Waals surface area (Å²) in [6, 6.07) is 5.91. The highest BCUT2D eigenvalue weighted by molar-refractivity contribution is 5.85. The van der Waals surface area contributed by atoms with Gasteiger partial charge >= 0.3 is 6.18 Å². The number of hydrogen-bond acceptors (Lipinski definition) is 3. The highest BCUT2D eigenvalue weighted by Gasteiger charge is 2.36. The van der Waals surface area contributed by atoms with Gasteiger partial charge < -0.3 is 0 Å². The van der Waals surface area contributed by atoms with Crippen LogP contribution >= 0.6 is 0 Å². The zero-order valence-corrected chi connectivity index (χ0v) is 14.8. The van der Waals surface area contributed by atoms with Crippen LogP contribution in [-0.4, -0.2) is 30.9 Å². The molecule has 1 fully saturated rings. The predicted octanol–water partition coefficient (Wildman–Crippen LogP) is 4.84. The Bertz CT molecular complexity index is 1200. The molecule has 1 aliphatic carbocycles. The fourth-order valence-electron chi connectivity index (χ4n) is 3.77. The number of imidazole rings is 1. The predicted molar refractivity (Wildman–Crippen MR) is 95.1 cm³/mol. The first kappa shape index (κ1) is 17.2. The number of aromatic amines is 1. The van der Waals surface area contributed by atoms with E-state index in [1.54, 1.807) is 10.8 Å². The van der Waals surface area contributed by atoms with E-state index in [0.717, 1.165) is 22.5 Å². The average Bonchev–Trinajstić information content (AvgIpc) is 3.21. The molecule has 28 heavy (non-hydrogen) atoms. The van der Waals surface area contributed by atoms with Gasteiger partial charge in [-0.3, -0.25) is 9.67 Å². The van der Waals surface area contributed by atoms with E-state index < -0.39 is 18.0 Å². The van der Waals surface area contributed by atoms with Crippen molar-refractivity contribution in [2.24, 2.45) is 0 Å². The molecule has 1 aliphatic rings. The molecule has 1 N–H and O–H groups in total. The molecule has 5 nitrogen and oxygen atoms in total. The van der Waals surface area contributed by atoms with E-state index in [-0.39, 0.29) is 11.6 Å². The maximum Gasteiger partial charge on any atom is 0.433 e. The SMILES string of the molecule is Cc1cc(-n2c3nc(C(F)(F)F)ccc3nc2[C@H]2C[C@H](F)C2)cc2cn[nH]c12. The number of halogens is 4. The topological polar surface area (TPSA) is 59.4 Å². The summed E-state index contributed by atoms with van der Waals surface area (Å²) in [5, 5.41) is 7.75. The number of pyridine rings is 1. The average molecular weight is 389 g/mol. The van der Waals surface area contributed by atoms with Crippen LogP contribution in [0.4, 0.5) is 17.6 Å². The first-order valence-corrected chi connectivity index (χ1v) is 8.86. The first-order chi connectivity index (χ1) is 13.3. The Kier molecular flexibility index (Phi) is 3.53. The van der Waals surface area contributed by atoms with Crippen molar-refractivity contribution >= 4 is 22.1 Å². The van der Waals surface area contributed by atoms with Gasteiger partial charge in [0.15, 0.2) is 5.65 Å². The molecule has 0 spiro atoms. The minimum absolute atomic E-state index is 0.120. The lowest BCUT2D eigenvalue weighted by Crippen LogP contribution is -2.25. The van der Waals surface area contributed by atoms with Crippen LogP contribution in [0.5, 0.6) is 0 Å². The van der Waals surface area contributed by atoms with E-state index in [4.69, 9.17) is 0 Å². The fourth-order valence-corrected chi connectivity index (χ4v) is 3.77. The van der Waals surface area contributed by atoms with E-state index >= 15 is 0 Å². The minimum Gasteiger partial charge on any atom is -0.280 e. The number of H-pyrrole nitrogens is 1. The first-order valence-electron chi connectivity index (χ1n) is 8.86. The monoisotopic (exact) mass is 389 g/mol. The Labute approximate surface area is 156 Å². The zero-order chi connectivity index (χ0) is 19.6. The molecule has 0 aliphatic heterocycles. The van der Waals surface area contributed by atoms with Crippen LogP contribution in [0.3, 0.4) is 0 Å². The summed E-state index contributed by atoms with van der Waals surface area (Å²) in [4.78, 5) is 8.37. The summed E-state index contributed by atoms with van der Waals surface area (Å²) in [7, 11) is 0. The Morgan fingerprint density at radius 1 is 1.14 bits per heavy atom. The van der Waals surface area contributed by atoms with Crippen LogP contribution < -0.4 is 0 Å². The van der Waals surface area contributed by atoms with Crippen LogP contribution in [0, 0.1) is 6.92 Å². The van der Waals surface area contributed by atoms with Crippen molar-refractivity contribution in [2.45, 2.75) is 38.0 Å². The molecule has 4 aromatic rings. The Hall–Kier alpha value is -2.97. The summed E-state index contributed by atoms with van der Waals surface area (Å²) in [6.07, 6.45) is -3.20. The molecule has 1 aromatic carbocycles. The number of alkyl halides is 4. The fraction of sp³-hybridized carbons (Fsp3) is 0.316. The van der Waals surface area contributed by atoms with Crippen LogP contribution in [0.2, 0.25) is 0 Å². The van der Waals surface area contributed by atoms with E-state index in [0.29, 0.717) is 29.9 Å². The Balaban J connectivity index is 1.79. The maximum absolute atomic E-state index is 13.5.